The second-order valence-corrected chi connectivity index (χ2v) is 8.76. The normalized spacial score (nSPS) is 32.2. The molecule has 2 unspecified atom stereocenters. The molecule has 8 heteroatoms. The fourth-order valence-corrected chi connectivity index (χ4v) is 4.54. The fraction of sp³-hybridized carbons (Fsp3) is 0.458. The van der Waals surface area contributed by atoms with Crippen LogP contribution in [0.3, 0.4) is 0 Å². The maximum atomic E-state index is 15.0. The lowest BCUT2D eigenvalue weighted by molar-refractivity contribution is -0.0141. The highest BCUT2D eigenvalue weighted by molar-refractivity contribution is 5.71. The van der Waals surface area contributed by atoms with E-state index in [0.29, 0.717) is 30.2 Å². The number of aliphatic hydroxyl groups excluding tert-OH is 2. The molecule has 170 valence electrons. The van der Waals surface area contributed by atoms with Crippen LogP contribution in [-0.2, 0) is 19.6 Å². The van der Waals surface area contributed by atoms with E-state index in [1.54, 1.807) is 0 Å². The van der Waals surface area contributed by atoms with E-state index in [2.05, 4.69) is 17.0 Å². The fourth-order valence-electron chi connectivity index (χ4n) is 4.54. The summed E-state index contributed by atoms with van der Waals surface area (Å²) in [5, 5.41) is 22.5. The van der Waals surface area contributed by atoms with Gasteiger partial charge in [0, 0.05) is 23.1 Å². The van der Waals surface area contributed by atoms with E-state index in [0.717, 1.165) is 18.4 Å². The molecule has 0 spiro atoms. The van der Waals surface area contributed by atoms with Gasteiger partial charge < -0.3 is 29.7 Å². The van der Waals surface area contributed by atoms with Crippen LogP contribution in [0.4, 0.5) is 4.39 Å². The molecule has 5 rings (SSSR count). The number of aliphatic hydroxyl groups is 2. The van der Waals surface area contributed by atoms with Crippen LogP contribution in [0.2, 0.25) is 0 Å². The van der Waals surface area contributed by atoms with Crippen molar-refractivity contribution in [2.24, 2.45) is 4.99 Å². The van der Waals surface area contributed by atoms with Gasteiger partial charge >= 0.3 is 0 Å². The second-order valence-electron chi connectivity index (χ2n) is 8.76. The van der Waals surface area contributed by atoms with Crippen LogP contribution >= 0.6 is 0 Å². The van der Waals surface area contributed by atoms with Crippen molar-refractivity contribution in [3.8, 4) is 0 Å². The number of fused-ring (bicyclic) bond motifs is 1. The van der Waals surface area contributed by atoms with Gasteiger partial charge in [0.05, 0.1) is 19.8 Å². The van der Waals surface area contributed by atoms with E-state index in [1.807, 2.05) is 30.3 Å². The van der Waals surface area contributed by atoms with Crippen LogP contribution in [0.5, 0.6) is 0 Å². The van der Waals surface area contributed by atoms with Gasteiger partial charge in [-0.1, -0.05) is 24.3 Å². The zero-order valence-corrected chi connectivity index (χ0v) is 17.7. The zero-order chi connectivity index (χ0) is 22.3. The number of nitrogens with one attached hydrogen (secondary N) is 1. The number of hydrogen-bond acceptors (Lipinski definition) is 7. The molecule has 1 aromatic rings. The largest absolute Gasteiger partial charge is 0.471 e. The summed E-state index contributed by atoms with van der Waals surface area (Å²) in [4.78, 5) is 3.90. The van der Waals surface area contributed by atoms with Crippen molar-refractivity contribution in [2.45, 2.75) is 49.1 Å². The Morgan fingerprint density at radius 1 is 1.25 bits per heavy atom. The van der Waals surface area contributed by atoms with Crippen molar-refractivity contribution in [1.82, 2.24) is 5.32 Å². The summed E-state index contributed by atoms with van der Waals surface area (Å²) >= 11 is 0. The number of hydrogen-bond donors (Lipinski definition) is 3. The first kappa shape index (κ1) is 21.3. The smallest absolute Gasteiger partial charge is 0.187 e. The molecular weight excluding hydrogens is 415 g/mol. The molecule has 4 atom stereocenters. The number of rotatable bonds is 7. The zero-order valence-electron chi connectivity index (χ0n) is 17.7. The molecule has 3 heterocycles. The van der Waals surface area contributed by atoms with Crippen molar-refractivity contribution < 1.29 is 28.8 Å². The summed E-state index contributed by atoms with van der Waals surface area (Å²) in [7, 11) is 0. The average Bonchev–Trinajstić information content (AvgIpc) is 3.09. The highest BCUT2D eigenvalue weighted by atomic mass is 19.1. The number of ether oxygens (including phenoxy) is 3. The van der Waals surface area contributed by atoms with Crippen LogP contribution in [0, 0.1) is 0 Å². The predicted molar refractivity (Wildman–Crippen MR) is 116 cm³/mol. The Hall–Kier alpha value is -2.52. The minimum atomic E-state index is -0.633. The Morgan fingerprint density at radius 3 is 2.69 bits per heavy atom. The third-order valence-corrected chi connectivity index (χ3v) is 6.66. The lowest BCUT2D eigenvalue weighted by Gasteiger charge is -2.18. The topological polar surface area (TPSA) is 92.5 Å². The van der Waals surface area contributed by atoms with Gasteiger partial charge in [0.15, 0.2) is 17.8 Å². The first-order valence-electron chi connectivity index (χ1n) is 10.9. The van der Waals surface area contributed by atoms with Crippen molar-refractivity contribution in [2.75, 3.05) is 19.8 Å². The van der Waals surface area contributed by atoms with Crippen LogP contribution in [-0.4, -0.2) is 61.2 Å². The predicted octanol–water partition coefficient (Wildman–Crippen LogP) is 2.31. The molecule has 0 amide bonds. The average molecular weight is 442 g/mol. The summed E-state index contributed by atoms with van der Waals surface area (Å²) in [6.45, 7) is 4.22. The minimum absolute atomic E-state index is 0.124. The van der Waals surface area contributed by atoms with E-state index in [-0.39, 0.29) is 42.6 Å². The van der Waals surface area contributed by atoms with Crippen LogP contribution in [0.15, 0.2) is 58.8 Å². The number of allylic oxidation sites excluding steroid dienone is 3. The third-order valence-electron chi connectivity index (χ3n) is 6.66. The molecule has 1 aliphatic carbocycles. The summed E-state index contributed by atoms with van der Waals surface area (Å²) in [5.41, 5.74) is 2.35. The molecule has 0 bridgehead atoms. The molecule has 4 aliphatic rings. The molecule has 0 radical (unpaired) electrons. The second kappa shape index (κ2) is 8.44. The lowest BCUT2D eigenvalue weighted by atomic mass is 9.95. The summed E-state index contributed by atoms with van der Waals surface area (Å²) in [6, 6.07) is 7.47. The maximum Gasteiger partial charge on any atom is 0.187 e. The maximum absolute atomic E-state index is 15.0. The van der Waals surface area contributed by atoms with Crippen LogP contribution < -0.4 is 5.32 Å². The summed E-state index contributed by atoms with van der Waals surface area (Å²) in [6.07, 6.45) is 4.01. The monoisotopic (exact) mass is 442 g/mol. The van der Waals surface area contributed by atoms with Gasteiger partial charge in [0.2, 0.25) is 0 Å². The molecule has 7 nitrogen and oxygen atoms in total. The van der Waals surface area contributed by atoms with Gasteiger partial charge in [-0.05, 0) is 37.3 Å². The number of nitrogens with zero attached hydrogens (tertiary/aromatic N) is 1. The molecule has 3 fully saturated rings. The highest BCUT2D eigenvalue weighted by Crippen LogP contribution is 2.47. The van der Waals surface area contributed by atoms with E-state index >= 15 is 4.39 Å². The summed E-state index contributed by atoms with van der Waals surface area (Å²) < 4.78 is 32.1. The third kappa shape index (κ3) is 3.88. The van der Waals surface area contributed by atoms with Gasteiger partial charge in [0.1, 0.15) is 24.0 Å². The standard InChI is InChI=1S/C24H27FN2O5/c1-26-21(14-2-4-15(5-3-14)24(13-28)8-9-24)17(25)10-16-6-7-20(27-16)32-19-12-31-22-18(29)11-30-23(19)22/h2-5,7,10,18-19,22-23,27-29H,1,6,8-9,11-13H2/b16-10+,21-17+/t18?,19?,22-,23-/m1/s1. The Morgan fingerprint density at radius 2 is 2.00 bits per heavy atom. The van der Waals surface area contributed by atoms with Crippen molar-refractivity contribution >= 4 is 12.4 Å². The number of halogens is 1. The summed E-state index contributed by atoms with van der Waals surface area (Å²) in [5.74, 6) is 0.0131. The van der Waals surface area contributed by atoms with Gasteiger partial charge in [-0.25, -0.2) is 4.39 Å². The molecule has 0 aromatic heterocycles. The van der Waals surface area contributed by atoms with Gasteiger partial charge in [0.25, 0.3) is 0 Å². The Labute approximate surface area is 185 Å². The quantitative estimate of drug-likeness (QED) is 0.562. The first-order valence-corrected chi connectivity index (χ1v) is 10.9. The minimum Gasteiger partial charge on any atom is -0.471 e. The van der Waals surface area contributed by atoms with E-state index in [9.17, 15) is 10.2 Å². The van der Waals surface area contributed by atoms with Gasteiger partial charge in [-0.2, -0.15) is 0 Å². The van der Waals surface area contributed by atoms with Crippen molar-refractivity contribution in [3.63, 3.8) is 0 Å². The molecule has 2 saturated heterocycles. The van der Waals surface area contributed by atoms with Gasteiger partial charge in [-0.3, -0.25) is 4.99 Å². The first-order chi connectivity index (χ1) is 15.5. The van der Waals surface area contributed by atoms with E-state index in [1.165, 1.54) is 6.08 Å². The van der Waals surface area contributed by atoms with Gasteiger partial charge in [-0.15, -0.1) is 0 Å². The highest BCUT2D eigenvalue weighted by Gasteiger charge is 2.48. The number of benzene rings is 1. The van der Waals surface area contributed by atoms with E-state index < -0.39 is 11.9 Å². The van der Waals surface area contributed by atoms with Crippen LogP contribution in [0.25, 0.3) is 5.70 Å². The molecular formula is C24H27FN2O5. The van der Waals surface area contributed by atoms with Crippen molar-refractivity contribution in [1.29, 1.82) is 0 Å². The van der Waals surface area contributed by atoms with Crippen LogP contribution in [0.1, 0.15) is 30.4 Å². The number of aliphatic imine (C=N–C) groups is 1. The Kier molecular flexibility index (Phi) is 5.63. The SMILES string of the molecule is C=N/C(=C(F)\C=C1/CC=C(OC2CO[C@@H]3C(O)CO[C@H]23)N1)c1ccc(C2(CO)CC2)cc1. The molecule has 3 aliphatic heterocycles. The Bertz CT molecular complexity index is 983. The lowest BCUT2D eigenvalue weighted by Crippen LogP contribution is -2.33. The Balaban J connectivity index is 1.25. The molecule has 1 saturated carbocycles. The molecule has 32 heavy (non-hydrogen) atoms. The van der Waals surface area contributed by atoms with E-state index in [4.69, 9.17) is 14.2 Å². The molecule has 3 N–H and O–H groups in total. The van der Waals surface area contributed by atoms with Crippen molar-refractivity contribution in [3.05, 3.63) is 65.0 Å². The molecule has 1 aromatic carbocycles.